The maximum Gasteiger partial charge on any atom is 0.191 e. The number of thioether (sulfide) groups is 1. The average Bonchev–Trinajstić information content (AvgIpc) is 3.38. The number of methoxy groups -OCH3 is 1. The Labute approximate surface area is 167 Å². The Morgan fingerprint density at radius 1 is 1.07 bits per heavy atom. The molecule has 1 unspecified atom stereocenters. The maximum atomic E-state index is 5.61. The fraction of sp³-hybridized carbons (Fsp3) is 0.190. The zero-order valence-electron chi connectivity index (χ0n) is 15.9. The number of ether oxygens (including phenoxy) is 1. The summed E-state index contributed by atoms with van der Waals surface area (Å²) in [5.74, 6) is 1.55. The van der Waals surface area contributed by atoms with Crippen molar-refractivity contribution < 1.29 is 9.26 Å². The third kappa shape index (κ3) is 3.80. The van der Waals surface area contributed by atoms with Crippen LogP contribution in [-0.2, 0) is 7.05 Å². The number of rotatable bonds is 6. The highest BCUT2D eigenvalue weighted by molar-refractivity contribution is 7.99. The number of hydrogen-bond acceptors (Lipinski definition) is 6. The summed E-state index contributed by atoms with van der Waals surface area (Å²) in [5, 5.41) is 13.4. The molecule has 1 atom stereocenters. The van der Waals surface area contributed by atoms with Crippen LogP contribution in [0.15, 0.2) is 70.6 Å². The number of aromatic nitrogens is 4. The molecule has 0 spiro atoms. The van der Waals surface area contributed by atoms with E-state index in [0.29, 0.717) is 0 Å². The first-order valence-corrected chi connectivity index (χ1v) is 9.74. The lowest BCUT2D eigenvalue weighted by Crippen LogP contribution is -1.94. The summed E-state index contributed by atoms with van der Waals surface area (Å²) in [6, 6.07) is 18.0. The van der Waals surface area contributed by atoms with Crippen LogP contribution in [0.2, 0.25) is 0 Å². The first-order valence-electron chi connectivity index (χ1n) is 8.86. The molecule has 0 amide bonds. The van der Waals surface area contributed by atoms with E-state index in [9.17, 15) is 0 Å². The van der Waals surface area contributed by atoms with Crippen molar-refractivity contribution in [2.45, 2.75) is 17.3 Å². The minimum absolute atomic E-state index is 0.229. The standard InChI is InChI=1S/C21H20N4O2S/c1-14(28-21-23-22-13-25(21)2)16-5-4-6-17(11-16)20-12-19(24-27-20)15-7-9-18(26-3)10-8-15/h4-14H,1-3H3. The molecule has 7 heteroatoms. The molecule has 4 rings (SSSR count). The molecule has 4 aromatic rings. The highest BCUT2D eigenvalue weighted by Gasteiger charge is 2.14. The average molecular weight is 392 g/mol. The van der Waals surface area contributed by atoms with Crippen molar-refractivity contribution in [1.82, 2.24) is 19.9 Å². The van der Waals surface area contributed by atoms with E-state index in [-0.39, 0.29) is 5.25 Å². The largest absolute Gasteiger partial charge is 0.497 e. The molecule has 0 aliphatic rings. The van der Waals surface area contributed by atoms with Crippen molar-refractivity contribution in [1.29, 1.82) is 0 Å². The predicted octanol–water partition coefficient (Wildman–Crippen LogP) is 5.00. The van der Waals surface area contributed by atoms with E-state index >= 15 is 0 Å². The molecule has 0 N–H and O–H groups in total. The fourth-order valence-corrected chi connectivity index (χ4v) is 3.77. The summed E-state index contributed by atoms with van der Waals surface area (Å²) in [5.41, 5.74) is 3.96. The number of benzene rings is 2. The van der Waals surface area contributed by atoms with Crippen molar-refractivity contribution in [3.63, 3.8) is 0 Å². The van der Waals surface area contributed by atoms with Crippen LogP contribution >= 0.6 is 11.8 Å². The summed E-state index contributed by atoms with van der Waals surface area (Å²) in [4.78, 5) is 0. The molecule has 0 aliphatic carbocycles. The molecule has 0 fully saturated rings. The molecule has 6 nitrogen and oxygen atoms in total. The maximum absolute atomic E-state index is 5.61. The van der Waals surface area contributed by atoms with Crippen molar-refractivity contribution in [3.8, 4) is 28.3 Å². The second kappa shape index (κ2) is 7.90. The van der Waals surface area contributed by atoms with Crippen LogP contribution in [-0.4, -0.2) is 27.0 Å². The highest BCUT2D eigenvalue weighted by Crippen LogP contribution is 2.35. The van der Waals surface area contributed by atoms with Gasteiger partial charge < -0.3 is 13.8 Å². The molecule has 142 valence electrons. The SMILES string of the molecule is COc1ccc(-c2cc(-c3cccc(C(C)Sc4nncn4C)c3)on2)cc1. The summed E-state index contributed by atoms with van der Waals surface area (Å²) in [6.45, 7) is 2.15. The molecule has 0 saturated heterocycles. The van der Waals surface area contributed by atoms with Crippen LogP contribution in [0.1, 0.15) is 17.7 Å². The van der Waals surface area contributed by atoms with Crippen LogP contribution in [0.5, 0.6) is 5.75 Å². The lowest BCUT2D eigenvalue weighted by atomic mass is 10.1. The third-order valence-corrected chi connectivity index (χ3v) is 5.69. The van der Waals surface area contributed by atoms with E-state index in [1.807, 2.05) is 54.1 Å². The number of aryl methyl sites for hydroxylation is 1. The summed E-state index contributed by atoms with van der Waals surface area (Å²) in [7, 11) is 3.60. The zero-order chi connectivity index (χ0) is 19.5. The lowest BCUT2D eigenvalue weighted by molar-refractivity contribution is 0.415. The Kier molecular flexibility index (Phi) is 5.16. The first-order chi connectivity index (χ1) is 13.6. The van der Waals surface area contributed by atoms with E-state index in [2.05, 4.69) is 34.4 Å². The normalized spacial score (nSPS) is 12.1. The second-order valence-electron chi connectivity index (χ2n) is 6.41. The Morgan fingerprint density at radius 3 is 2.61 bits per heavy atom. The van der Waals surface area contributed by atoms with Gasteiger partial charge in [-0.15, -0.1) is 10.2 Å². The van der Waals surface area contributed by atoms with Gasteiger partial charge >= 0.3 is 0 Å². The van der Waals surface area contributed by atoms with Gasteiger partial charge in [-0.2, -0.15) is 0 Å². The zero-order valence-corrected chi connectivity index (χ0v) is 16.7. The third-order valence-electron chi connectivity index (χ3n) is 4.49. The summed E-state index contributed by atoms with van der Waals surface area (Å²) >= 11 is 1.67. The first kappa shape index (κ1) is 18.3. The van der Waals surface area contributed by atoms with Gasteiger partial charge in [0.1, 0.15) is 17.8 Å². The molecule has 0 aliphatic heterocycles. The lowest BCUT2D eigenvalue weighted by Gasteiger charge is -2.11. The van der Waals surface area contributed by atoms with Crippen LogP contribution in [0.25, 0.3) is 22.6 Å². The predicted molar refractivity (Wildman–Crippen MR) is 109 cm³/mol. The van der Waals surface area contributed by atoms with E-state index in [1.54, 1.807) is 25.2 Å². The van der Waals surface area contributed by atoms with E-state index in [4.69, 9.17) is 9.26 Å². The smallest absolute Gasteiger partial charge is 0.191 e. The van der Waals surface area contributed by atoms with Gasteiger partial charge in [-0.3, -0.25) is 0 Å². The molecule has 0 saturated carbocycles. The van der Waals surface area contributed by atoms with Gasteiger partial charge in [0, 0.05) is 29.5 Å². The van der Waals surface area contributed by atoms with Crippen LogP contribution in [0.3, 0.4) is 0 Å². The minimum Gasteiger partial charge on any atom is -0.497 e. The molecule has 0 radical (unpaired) electrons. The Balaban J connectivity index is 1.56. The monoisotopic (exact) mass is 392 g/mol. The van der Waals surface area contributed by atoms with Gasteiger partial charge in [-0.1, -0.05) is 35.1 Å². The van der Waals surface area contributed by atoms with Gasteiger partial charge in [0.2, 0.25) is 0 Å². The van der Waals surface area contributed by atoms with E-state index in [0.717, 1.165) is 33.5 Å². The van der Waals surface area contributed by atoms with Crippen molar-refractivity contribution in [3.05, 3.63) is 66.5 Å². The molecule has 0 bridgehead atoms. The van der Waals surface area contributed by atoms with Gasteiger partial charge in [0.05, 0.1) is 7.11 Å². The van der Waals surface area contributed by atoms with E-state index in [1.165, 1.54) is 5.56 Å². The summed E-state index contributed by atoms with van der Waals surface area (Å²) < 4.78 is 12.7. The Hall–Kier alpha value is -3.06. The Morgan fingerprint density at radius 2 is 1.89 bits per heavy atom. The Bertz CT molecular complexity index is 1070. The molecule has 2 aromatic carbocycles. The van der Waals surface area contributed by atoms with Gasteiger partial charge in [-0.05, 0) is 42.8 Å². The summed E-state index contributed by atoms with van der Waals surface area (Å²) in [6.07, 6.45) is 1.71. The van der Waals surface area contributed by atoms with Crippen molar-refractivity contribution in [2.75, 3.05) is 7.11 Å². The van der Waals surface area contributed by atoms with Crippen molar-refractivity contribution in [2.24, 2.45) is 7.05 Å². The molecular weight excluding hydrogens is 372 g/mol. The molecular formula is C21H20N4O2S. The van der Waals surface area contributed by atoms with Crippen molar-refractivity contribution >= 4 is 11.8 Å². The number of nitrogens with zero attached hydrogens (tertiary/aromatic N) is 4. The second-order valence-corrected chi connectivity index (χ2v) is 7.72. The van der Waals surface area contributed by atoms with E-state index < -0.39 is 0 Å². The van der Waals surface area contributed by atoms with Gasteiger partial charge in [0.25, 0.3) is 0 Å². The van der Waals surface area contributed by atoms with Crippen LogP contribution < -0.4 is 4.74 Å². The molecule has 2 aromatic heterocycles. The topological polar surface area (TPSA) is 66.0 Å². The van der Waals surface area contributed by atoms with Gasteiger partial charge in [0.15, 0.2) is 10.9 Å². The van der Waals surface area contributed by atoms with Crippen LogP contribution in [0, 0.1) is 0 Å². The van der Waals surface area contributed by atoms with Gasteiger partial charge in [-0.25, -0.2) is 0 Å². The van der Waals surface area contributed by atoms with Crippen LogP contribution in [0.4, 0.5) is 0 Å². The highest BCUT2D eigenvalue weighted by atomic mass is 32.2. The minimum atomic E-state index is 0.229. The fourth-order valence-electron chi connectivity index (χ4n) is 2.86. The molecule has 28 heavy (non-hydrogen) atoms. The number of hydrogen-bond donors (Lipinski definition) is 0. The quantitative estimate of drug-likeness (QED) is 0.430. The molecule has 2 heterocycles.